The van der Waals surface area contributed by atoms with E-state index in [-0.39, 0.29) is 5.91 Å². The van der Waals surface area contributed by atoms with Gasteiger partial charge >= 0.3 is 6.03 Å². The van der Waals surface area contributed by atoms with Gasteiger partial charge in [0.2, 0.25) is 0 Å². The first kappa shape index (κ1) is 8.68. The molecule has 72 valence electrons. The molecule has 0 bridgehead atoms. The number of amides is 3. The van der Waals surface area contributed by atoms with Crippen LogP contribution in [0.25, 0.3) is 0 Å². The van der Waals surface area contributed by atoms with Crippen LogP contribution in [0.15, 0.2) is 18.5 Å². The molecule has 0 aromatic carbocycles. The maximum absolute atomic E-state index is 11.3. The number of aromatic nitrogens is 1. The fraction of sp³-hybridized carbons (Fsp3) is 0.222. The number of rotatable bonds is 1. The van der Waals surface area contributed by atoms with E-state index in [2.05, 4.69) is 15.6 Å². The molecule has 0 aliphatic carbocycles. The number of hydrogen-bond donors (Lipinski definition) is 2. The van der Waals surface area contributed by atoms with E-state index in [0.29, 0.717) is 0 Å². The Hall–Kier alpha value is -1.91. The lowest BCUT2D eigenvalue weighted by molar-refractivity contribution is -0.120. The molecule has 1 saturated heterocycles. The normalized spacial score (nSPS) is 20.5. The summed E-state index contributed by atoms with van der Waals surface area (Å²) in [4.78, 5) is 26.1. The van der Waals surface area contributed by atoms with Gasteiger partial charge in [-0.25, -0.2) is 4.79 Å². The van der Waals surface area contributed by atoms with Crippen LogP contribution in [0, 0.1) is 6.92 Å². The zero-order valence-electron chi connectivity index (χ0n) is 7.57. The van der Waals surface area contributed by atoms with Crippen molar-refractivity contribution in [2.75, 3.05) is 0 Å². The molecule has 5 heteroatoms. The van der Waals surface area contributed by atoms with Crippen molar-refractivity contribution in [3.63, 3.8) is 0 Å². The maximum atomic E-state index is 11.3. The topological polar surface area (TPSA) is 71.1 Å². The number of nitrogens with zero attached hydrogens (tertiary/aromatic N) is 1. The van der Waals surface area contributed by atoms with E-state index in [4.69, 9.17) is 0 Å². The van der Waals surface area contributed by atoms with Crippen LogP contribution >= 0.6 is 0 Å². The van der Waals surface area contributed by atoms with Gasteiger partial charge in [-0.15, -0.1) is 0 Å². The average Bonchev–Trinajstić information content (AvgIpc) is 2.46. The highest BCUT2D eigenvalue weighted by Gasteiger charge is 2.31. The van der Waals surface area contributed by atoms with Crippen LogP contribution in [0.4, 0.5) is 4.79 Å². The molecule has 2 N–H and O–H groups in total. The third kappa shape index (κ3) is 1.32. The van der Waals surface area contributed by atoms with Gasteiger partial charge in [0.15, 0.2) is 0 Å². The molecule has 1 atom stereocenters. The molecule has 1 unspecified atom stereocenters. The third-order valence-electron chi connectivity index (χ3n) is 2.16. The minimum absolute atomic E-state index is 0.328. The minimum atomic E-state index is -0.601. The van der Waals surface area contributed by atoms with Crippen molar-refractivity contribution in [1.29, 1.82) is 0 Å². The highest BCUT2D eigenvalue weighted by molar-refractivity contribution is 6.04. The van der Waals surface area contributed by atoms with Crippen LogP contribution in [-0.4, -0.2) is 16.9 Å². The summed E-state index contributed by atoms with van der Waals surface area (Å²) in [5.74, 6) is -0.328. The first-order chi connectivity index (χ1) is 6.68. The molecular weight excluding hydrogens is 182 g/mol. The lowest BCUT2D eigenvalue weighted by Crippen LogP contribution is -2.22. The molecule has 1 aliphatic rings. The number of aryl methyl sites for hydroxylation is 1. The summed E-state index contributed by atoms with van der Waals surface area (Å²) in [7, 11) is 0. The number of hydrogen-bond acceptors (Lipinski definition) is 3. The number of urea groups is 1. The van der Waals surface area contributed by atoms with Gasteiger partial charge in [0, 0.05) is 18.0 Å². The van der Waals surface area contributed by atoms with Gasteiger partial charge in [0.25, 0.3) is 5.91 Å². The summed E-state index contributed by atoms with van der Waals surface area (Å²) in [6.07, 6.45) is 3.23. The van der Waals surface area contributed by atoms with Crippen molar-refractivity contribution >= 4 is 11.9 Å². The molecular formula is C9H9N3O2. The Labute approximate surface area is 80.5 Å². The highest BCUT2D eigenvalue weighted by atomic mass is 16.2. The molecule has 2 heterocycles. The first-order valence-electron chi connectivity index (χ1n) is 4.20. The van der Waals surface area contributed by atoms with Crippen molar-refractivity contribution in [3.05, 3.63) is 29.6 Å². The Morgan fingerprint density at radius 1 is 1.43 bits per heavy atom. The van der Waals surface area contributed by atoms with Gasteiger partial charge in [-0.3, -0.25) is 15.1 Å². The minimum Gasteiger partial charge on any atom is -0.322 e. The fourth-order valence-electron chi connectivity index (χ4n) is 1.41. The predicted molar refractivity (Wildman–Crippen MR) is 48.4 cm³/mol. The van der Waals surface area contributed by atoms with Crippen molar-refractivity contribution < 1.29 is 9.59 Å². The zero-order chi connectivity index (χ0) is 10.1. The predicted octanol–water partition coefficient (Wildman–Crippen LogP) is 0.271. The summed E-state index contributed by atoms with van der Waals surface area (Å²) < 4.78 is 0. The Morgan fingerprint density at radius 3 is 2.79 bits per heavy atom. The molecule has 1 fully saturated rings. The number of nitrogens with one attached hydrogen (secondary N) is 2. The lowest BCUT2D eigenvalue weighted by atomic mass is 10.0. The second-order valence-corrected chi connectivity index (χ2v) is 3.13. The average molecular weight is 191 g/mol. The van der Waals surface area contributed by atoms with Crippen molar-refractivity contribution in [2.45, 2.75) is 13.0 Å². The summed E-state index contributed by atoms with van der Waals surface area (Å²) in [5.41, 5.74) is 1.67. The smallest absolute Gasteiger partial charge is 0.322 e. The number of carbonyl (C=O) groups excluding carboxylic acids is 2. The van der Waals surface area contributed by atoms with E-state index >= 15 is 0 Å². The van der Waals surface area contributed by atoms with Crippen molar-refractivity contribution in [3.8, 4) is 0 Å². The van der Waals surface area contributed by atoms with E-state index < -0.39 is 12.1 Å². The zero-order valence-corrected chi connectivity index (χ0v) is 7.57. The van der Waals surface area contributed by atoms with E-state index in [0.717, 1.165) is 11.1 Å². The van der Waals surface area contributed by atoms with Gasteiger partial charge in [-0.1, -0.05) is 0 Å². The number of carbonyl (C=O) groups is 2. The van der Waals surface area contributed by atoms with Gasteiger partial charge in [-0.2, -0.15) is 0 Å². The molecule has 0 radical (unpaired) electrons. The molecule has 0 saturated carbocycles. The Bertz CT molecular complexity index is 403. The van der Waals surface area contributed by atoms with Gasteiger partial charge in [0.05, 0.1) is 0 Å². The van der Waals surface area contributed by atoms with Gasteiger partial charge < -0.3 is 5.32 Å². The van der Waals surface area contributed by atoms with Crippen molar-refractivity contribution in [1.82, 2.24) is 15.6 Å². The molecule has 0 spiro atoms. The fourth-order valence-corrected chi connectivity index (χ4v) is 1.41. The first-order valence-corrected chi connectivity index (χ1v) is 4.20. The lowest BCUT2D eigenvalue weighted by Gasteiger charge is -2.09. The van der Waals surface area contributed by atoms with Crippen LogP contribution in [0.1, 0.15) is 17.2 Å². The monoisotopic (exact) mass is 191 g/mol. The summed E-state index contributed by atoms with van der Waals surface area (Å²) in [5, 5.41) is 4.70. The third-order valence-corrected chi connectivity index (χ3v) is 2.16. The molecule has 2 rings (SSSR count). The van der Waals surface area contributed by atoms with Crippen LogP contribution in [0.2, 0.25) is 0 Å². The van der Waals surface area contributed by atoms with Crippen molar-refractivity contribution in [2.24, 2.45) is 0 Å². The number of pyridine rings is 1. The molecule has 5 nitrogen and oxygen atoms in total. The van der Waals surface area contributed by atoms with Crippen LogP contribution in [-0.2, 0) is 4.79 Å². The summed E-state index contributed by atoms with van der Waals surface area (Å²) in [6.45, 7) is 1.87. The molecule has 3 amide bonds. The van der Waals surface area contributed by atoms with Gasteiger partial charge in [0.1, 0.15) is 6.04 Å². The Kier molecular flexibility index (Phi) is 1.92. The van der Waals surface area contributed by atoms with E-state index in [1.54, 1.807) is 18.5 Å². The van der Waals surface area contributed by atoms with Gasteiger partial charge in [-0.05, 0) is 18.6 Å². The standard InChI is InChI=1S/C9H9N3O2/c1-5-2-3-10-4-6(5)7-8(13)12-9(14)11-7/h2-4,7H,1H3,(H2,11,12,13,14). The second kappa shape index (κ2) is 3.10. The molecule has 1 aliphatic heterocycles. The summed E-state index contributed by atoms with van der Waals surface area (Å²) in [6, 6.07) is 0.743. The molecule has 14 heavy (non-hydrogen) atoms. The quantitative estimate of drug-likeness (QED) is 0.626. The maximum Gasteiger partial charge on any atom is 0.322 e. The molecule has 1 aromatic rings. The second-order valence-electron chi connectivity index (χ2n) is 3.13. The summed E-state index contributed by atoms with van der Waals surface area (Å²) >= 11 is 0. The Balaban J connectivity index is 2.36. The van der Waals surface area contributed by atoms with E-state index in [1.165, 1.54) is 0 Å². The largest absolute Gasteiger partial charge is 0.322 e. The van der Waals surface area contributed by atoms with Crippen LogP contribution in [0.5, 0.6) is 0 Å². The van der Waals surface area contributed by atoms with E-state index in [9.17, 15) is 9.59 Å². The van der Waals surface area contributed by atoms with Crippen LogP contribution < -0.4 is 10.6 Å². The number of imide groups is 1. The van der Waals surface area contributed by atoms with Crippen LogP contribution in [0.3, 0.4) is 0 Å². The highest BCUT2D eigenvalue weighted by Crippen LogP contribution is 2.18. The Morgan fingerprint density at radius 2 is 2.21 bits per heavy atom. The molecule has 1 aromatic heterocycles. The van der Waals surface area contributed by atoms with E-state index in [1.807, 2.05) is 6.92 Å². The SMILES string of the molecule is Cc1ccncc1C1NC(=O)NC1=O.